The maximum Gasteiger partial charge on any atom is 0.338 e. The highest BCUT2D eigenvalue weighted by molar-refractivity contribution is 14.1. The van der Waals surface area contributed by atoms with Crippen molar-refractivity contribution in [2.24, 2.45) is 0 Å². The Hall–Kier alpha value is -1.66. The summed E-state index contributed by atoms with van der Waals surface area (Å²) in [6.07, 6.45) is 0. The van der Waals surface area contributed by atoms with Crippen LogP contribution in [0, 0.1) is 0 Å². The number of rotatable bonds is 7. The van der Waals surface area contributed by atoms with Crippen LogP contribution >= 0.6 is 22.6 Å². The van der Waals surface area contributed by atoms with Crippen molar-refractivity contribution in [2.45, 2.75) is 13.5 Å². The number of esters is 1. The van der Waals surface area contributed by atoms with E-state index in [1.165, 1.54) is 5.56 Å². The number of hydrogen-bond acceptors (Lipinski definition) is 3. The maximum atomic E-state index is 11.6. The van der Waals surface area contributed by atoms with Crippen LogP contribution in [0.3, 0.4) is 0 Å². The summed E-state index contributed by atoms with van der Waals surface area (Å²) in [5.41, 5.74) is 3.90. The van der Waals surface area contributed by atoms with Crippen molar-refractivity contribution in [2.75, 3.05) is 13.2 Å². The van der Waals surface area contributed by atoms with E-state index in [0.717, 1.165) is 11.1 Å². The molecule has 0 aromatic heterocycles. The van der Waals surface area contributed by atoms with Crippen molar-refractivity contribution in [1.82, 2.24) is 0 Å². The fourth-order valence-corrected chi connectivity index (χ4v) is 2.60. The molecule has 0 bridgehead atoms. The van der Waals surface area contributed by atoms with E-state index in [1.807, 2.05) is 34.4 Å². The molecule has 0 unspecified atom stereocenters. The smallest absolute Gasteiger partial charge is 0.338 e. The Bertz CT molecular complexity index is 648. The van der Waals surface area contributed by atoms with Gasteiger partial charge in [-0.1, -0.05) is 65.1 Å². The highest BCUT2D eigenvalue weighted by atomic mass is 127. The second-order valence-corrected chi connectivity index (χ2v) is 5.53. The standard InChI is InChI=1S/C19H19IO3/c1-2-23-19(21)17-10-8-15(9-11-17)13-22-14-18(12-20)16-6-4-3-5-7-16/h3-12H,2,13-14H2,1H3/b18-12-. The van der Waals surface area contributed by atoms with Crippen molar-refractivity contribution in [1.29, 1.82) is 0 Å². The Kier molecular flexibility index (Phi) is 7.29. The van der Waals surface area contributed by atoms with Gasteiger partial charge in [0.15, 0.2) is 0 Å². The zero-order valence-corrected chi connectivity index (χ0v) is 15.2. The van der Waals surface area contributed by atoms with Gasteiger partial charge in [0.25, 0.3) is 0 Å². The Morgan fingerprint density at radius 1 is 1.04 bits per heavy atom. The number of benzene rings is 2. The van der Waals surface area contributed by atoms with Crippen LogP contribution in [0.15, 0.2) is 58.7 Å². The van der Waals surface area contributed by atoms with Crippen LogP contribution in [-0.2, 0) is 16.1 Å². The van der Waals surface area contributed by atoms with Crippen LogP contribution in [-0.4, -0.2) is 19.2 Å². The highest BCUT2D eigenvalue weighted by Crippen LogP contribution is 2.17. The first-order valence-corrected chi connectivity index (χ1v) is 8.67. The minimum Gasteiger partial charge on any atom is -0.462 e. The van der Waals surface area contributed by atoms with E-state index in [0.29, 0.717) is 25.4 Å². The Morgan fingerprint density at radius 3 is 2.35 bits per heavy atom. The van der Waals surface area contributed by atoms with Crippen molar-refractivity contribution >= 4 is 34.1 Å². The molecular formula is C19H19IO3. The van der Waals surface area contributed by atoms with Crippen molar-refractivity contribution in [3.05, 3.63) is 75.4 Å². The molecule has 23 heavy (non-hydrogen) atoms. The van der Waals surface area contributed by atoms with Crippen LogP contribution in [0.5, 0.6) is 0 Å². The first-order valence-electron chi connectivity index (χ1n) is 7.43. The Balaban J connectivity index is 1.87. The van der Waals surface area contributed by atoms with Crippen LogP contribution < -0.4 is 0 Å². The first-order chi connectivity index (χ1) is 11.2. The quantitative estimate of drug-likeness (QED) is 0.473. The molecule has 0 aliphatic heterocycles. The normalized spacial score (nSPS) is 11.3. The van der Waals surface area contributed by atoms with E-state index < -0.39 is 0 Å². The van der Waals surface area contributed by atoms with E-state index in [1.54, 1.807) is 19.1 Å². The summed E-state index contributed by atoms with van der Waals surface area (Å²) in [7, 11) is 0. The van der Waals surface area contributed by atoms with Crippen LogP contribution in [0.25, 0.3) is 5.57 Å². The largest absolute Gasteiger partial charge is 0.462 e. The molecule has 0 spiro atoms. The number of carbonyl (C=O) groups is 1. The molecule has 0 amide bonds. The molecule has 2 aromatic rings. The van der Waals surface area contributed by atoms with Gasteiger partial charge in [0, 0.05) is 0 Å². The van der Waals surface area contributed by atoms with E-state index in [9.17, 15) is 4.79 Å². The Morgan fingerprint density at radius 2 is 1.74 bits per heavy atom. The average Bonchev–Trinajstić information content (AvgIpc) is 2.60. The molecule has 0 saturated heterocycles. The lowest BCUT2D eigenvalue weighted by Crippen LogP contribution is -2.04. The number of carbonyl (C=O) groups excluding carboxylic acids is 1. The van der Waals surface area contributed by atoms with Gasteiger partial charge in [-0.25, -0.2) is 4.79 Å². The molecule has 0 aliphatic rings. The van der Waals surface area contributed by atoms with Gasteiger partial charge in [-0.05, 0) is 39.8 Å². The zero-order valence-electron chi connectivity index (χ0n) is 13.0. The third-order valence-corrected chi connectivity index (χ3v) is 4.02. The second-order valence-electron chi connectivity index (χ2n) is 4.91. The van der Waals surface area contributed by atoms with Gasteiger partial charge in [-0.3, -0.25) is 0 Å². The minimum absolute atomic E-state index is 0.292. The molecule has 0 atom stereocenters. The first kappa shape index (κ1) is 17.7. The summed E-state index contributed by atoms with van der Waals surface area (Å²) in [5, 5.41) is 0. The van der Waals surface area contributed by atoms with Crippen molar-refractivity contribution in [3.8, 4) is 0 Å². The number of ether oxygens (including phenoxy) is 2. The monoisotopic (exact) mass is 422 g/mol. The van der Waals surface area contributed by atoms with Crippen LogP contribution in [0.4, 0.5) is 0 Å². The molecule has 120 valence electrons. The van der Waals surface area contributed by atoms with Gasteiger partial charge in [-0.15, -0.1) is 0 Å². The third kappa shape index (κ3) is 5.48. The van der Waals surface area contributed by atoms with Gasteiger partial charge in [-0.2, -0.15) is 0 Å². The molecule has 2 aromatic carbocycles. The second kappa shape index (κ2) is 9.47. The summed E-state index contributed by atoms with van der Waals surface area (Å²) < 4.78 is 12.8. The molecular weight excluding hydrogens is 403 g/mol. The molecule has 0 saturated carbocycles. The van der Waals surface area contributed by atoms with Gasteiger partial charge in [0.1, 0.15) is 0 Å². The van der Waals surface area contributed by atoms with Gasteiger partial charge >= 0.3 is 5.97 Å². The fourth-order valence-electron chi connectivity index (χ4n) is 2.06. The molecule has 0 N–H and O–H groups in total. The van der Waals surface area contributed by atoms with Crippen molar-refractivity contribution < 1.29 is 14.3 Å². The summed E-state index contributed by atoms with van der Waals surface area (Å²) in [6, 6.07) is 17.5. The molecule has 0 fully saturated rings. The minimum atomic E-state index is -0.292. The molecule has 0 radical (unpaired) electrons. The number of hydrogen-bond donors (Lipinski definition) is 0. The third-order valence-electron chi connectivity index (χ3n) is 3.27. The molecule has 0 heterocycles. The predicted molar refractivity (Wildman–Crippen MR) is 100 cm³/mol. The highest BCUT2D eigenvalue weighted by Gasteiger charge is 2.06. The maximum absolute atomic E-state index is 11.6. The van der Waals surface area contributed by atoms with E-state index in [-0.39, 0.29) is 5.97 Å². The average molecular weight is 422 g/mol. The topological polar surface area (TPSA) is 35.5 Å². The van der Waals surface area contributed by atoms with Crippen LogP contribution in [0.2, 0.25) is 0 Å². The van der Waals surface area contributed by atoms with Crippen molar-refractivity contribution in [3.63, 3.8) is 0 Å². The van der Waals surface area contributed by atoms with E-state index in [4.69, 9.17) is 9.47 Å². The molecule has 4 heteroatoms. The van der Waals surface area contributed by atoms with E-state index >= 15 is 0 Å². The summed E-state index contributed by atoms with van der Waals surface area (Å²) in [6.45, 7) is 3.23. The van der Waals surface area contributed by atoms with Crippen LogP contribution in [0.1, 0.15) is 28.4 Å². The Labute approximate surface area is 150 Å². The lowest BCUT2D eigenvalue weighted by Gasteiger charge is -2.09. The summed E-state index contributed by atoms with van der Waals surface area (Å²) >= 11 is 2.23. The molecule has 3 nitrogen and oxygen atoms in total. The van der Waals surface area contributed by atoms with Gasteiger partial charge in [0.2, 0.25) is 0 Å². The summed E-state index contributed by atoms with van der Waals surface area (Å²) in [4.78, 5) is 11.6. The van der Waals surface area contributed by atoms with Gasteiger partial charge < -0.3 is 9.47 Å². The molecule has 2 rings (SSSR count). The van der Waals surface area contributed by atoms with E-state index in [2.05, 4.69) is 34.7 Å². The summed E-state index contributed by atoms with van der Waals surface area (Å²) in [5.74, 6) is -0.292. The zero-order chi connectivity index (χ0) is 16.5. The fraction of sp³-hybridized carbons (Fsp3) is 0.211. The lowest BCUT2D eigenvalue weighted by molar-refractivity contribution is 0.0526. The number of halogens is 1. The molecule has 0 aliphatic carbocycles. The lowest BCUT2D eigenvalue weighted by atomic mass is 10.1. The predicted octanol–water partition coefficient (Wildman–Crippen LogP) is 4.86. The SMILES string of the molecule is CCOC(=O)c1ccc(COC/C(=C/I)c2ccccc2)cc1. The van der Waals surface area contributed by atoms with Gasteiger partial charge in [0.05, 0.1) is 25.4 Å².